The zero-order chi connectivity index (χ0) is 14.7. The Bertz CT molecular complexity index is 658. The molecule has 0 atom stereocenters. The molecule has 0 saturated carbocycles. The first-order valence-corrected chi connectivity index (χ1v) is 6.71. The Labute approximate surface area is 124 Å². The number of rotatable bonds is 3. The quantitative estimate of drug-likeness (QED) is 0.913. The average Bonchev–Trinajstić information content (AvgIpc) is 2.41. The van der Waals surface area contributed by atoms with Gasteiger partial charge in [-0.3, -0.25) is 4.79 Å². The maximum absolute atomic E-state index is 13.2. The minimum Gasteiger partial charge on any atom is -0.496 e. The lowest BCUT2D eigenvalue weighted by atomic mass is 10.1. The summed E-state index contributed by atoms with van der Waals surface area (Å²) in [6.07, 6.45) is 0. The molecule has 0 spiro atoms. The molecule has 2 rings (SSSR count). The van der Waals surface area contributed by atoms with Gasteiger partial charge >= 0.3 is 0 Å². The molecule has 104 valence electrons. The molecular weight excluding hydrogens is 325 g/mol. The van der Waals surface area contributed by atoms with Crippen LogP contribution in [-0.4, -0.2) is 13.0 Å². The summed E-state index contributed by atoms with van der Waals surface area (Å²) in [6.45, 7) is 1.88. The summed E-state index contributed by atoms with van der Waals surface area (Å²) in [6, 6.07) is 9.28. The largest absolute Gasteiger partial charge is 0.496 e. The molecule has 0 unspecified atom stereocenters. The monoisotopic (exact) mass is 337 g/mol. The molecule has 0 aromatic heterocycles. The van der Waals surface area contributed by atoms with Gasteiger partial charge in [-0.15, -0.1) is 0 Å². The van der Waals surface area contributed by atoms with Crippen LogP contribution in [0.15, 0.2) is 40.9 Å². The Balaban J connectivity index is 2.23. The first-order chi connectivity index (χ1) is 9.51. The molecule has 0 aliphatic heterocycles. The van der Waals surface area contributed by atoms with Gasteiger partial charge in [0.25, 0.3) is 5.91 Å². The van der Waals surface area contributed by atoms with Crippen molar-refractivity contribution in [2.24, 2.45) is 0 Å². The molecule has 2 aromatic rings. The fraction of sp³-hybridized carbons (Fsp3) is 0.133. The van der Waals surface area contributed by atoms with Gasteiger partial charge in [0.2, 0.25) is 0 Å². The number of carbonyl (C=O) groups is 1. The van der Waals surface area contributed by atoms with Crippen LogP contribution in [0.25, 0.3) is 0 Å². The van der Waals surface area contributed by atoms with E-state index >= 15 is 0 Å². The molecule has 0 bridgehead atoms. The molecule has 0 radical (unpaired) electrons. The van der Waals surface area contributed by atoms with Crippen molar-refractivity contribution >= 4 is 27.5 Å². The van der Waals surface area contributed by atoms with Gasteiger partial charge in [-0.2, -0.15) is 0 Å². The van der Waals surface area contributed by atoms with Crippen molar-refractivity contribution in [2.75, 3.05) is 12.4 Å². The number of halogens is 2. The summed E-state index contributed by atoms with van der Waals surface area (Å²) in [5.41, 5.74) is 1.78. The van der Waals surface area contributed by atoms with Gasteiger partial charge in [-0.25, -0.2) is 4.39 Å². The van der Waals surface area contributed by atoms with Crippen LogP contribution in [0.1, 0.15) is 15.9 Å². The van der Waals surface area contributed by atoms with Crippen molar-refractivity contribution < 1.29 is 13.9 Å². The van der Waals surface area contributed by atoms with Gasteiger partial charge < -0.3 is 10.1 Å². The third-order valence-electron chi connectivity index (χ3n) is 2.83. The van der Waals surface area contributed by atoms with E-state index in [4.69, 9.17) is 4.74 Å². The summed E-state index contributed by atoms with van der Waals surface area (Å²) in [5.74, 6) is -0.0832. The van der Waals surface area contributed by atoms with Crippen LogP contribution < -0.4 is 10.1 Å². The summed E-state index contributed by atoms with van der Waals surface area (Å²) >= 11 is 3.23. The molecule has 0 aliphatic rings. The summed E-state index contributed by atoms with van der Waals surface area (Å²) in [5, 5.41) is 2.73. The lowest BCUT2D eigenvalue weighted by Gasteiger charge is -2.10. The van der Waals surface area contributed by atoms with Gasteiger partial charge in [0.05, 0.1) is 12.7 Å². The Hall–Kier alpha value is -1.88. The molecule has 20 heavy (non-hydrogen) atoms. The Morgan fingerprint density at radius 1 is 1.25 bits per heavy atom. The Morgan fingerprint density at radius 2 is 2.00 bits per heavy atom. The van der Waals surface area contributed by atoms with Crippen LogP contribution in [0.4, 0.5) is 10.1 Å². The Morgan fingerprint density at radius 3 is 2.65 bits per heavy atom. The molecular formula is C15H13BrFNO2. The number of ether oxygens (including phenoxy) is 1. The standard InChI is InChI=1S/C15H13BrFNO2/c1-9-7-11(4-6-14(9)20-2)18-15(19)12-8-10(17)3-5-13(12)16/h3-8H,1-2H3,(H,18,19). The minimum atomic E-state index is -0.454. The van der Waals surface area contributed by atoms with E-state index in [0.29, 0.717) is 10.2 Å². The smallest absolute Gasteiger partial charge is 0.256 e. The lowest BCUT2D eigenvalue weighted by Crippen LogP contribution is -2.13. The first-order valence-electron chi connectivity index (χ1n) is 5.92. The number of carbonyl (C=O) groups excluding carboxylic acids is 1. The third-order valence-corrected chi connectivity index (χ3v) is 3.52. The van der Waals surface area contributed by atoms with E-state index in [-0.39, 0.29) is 11.5 Å². The highest BCUT2D eigenvalue weighted by Crippen LogP contribution is 2.23. The second-order valence-corrected chi connectivity index (χ2v) is 5.12. The van der Waals surface area contributed by atoms with Crippen molar-refractivity contribution in [1.29, 1.82) is 0 Å². The fourth-order valence-electron chi connectivity index (χ4n) is 1.83. The SMILES string of the molecule is COc1ccc(NC(=O)c2cc(F)ccc2Br)cc1C. The first kappa shape index (κ1) is 14.5. The van der Waals surface area contributed by atoms with E-state index in [1.807, 2.05) is 6.92 Å². The van der Waals surface area contributed by atoms with Crippen LogP contribution in [0, 0.1) is 12.7 Å². The van der Waals surface area contributed by atoms with Gasteiger partial charge in [0.15, 0.2) is 0 Å². The normalized spacial score (nSPS) is 10.2. The maximum Gasteiger partial charge on any atom is 0.256 e. The molecule has 3 nitrogen and oxygen atoms in total. The molecule has 5 heteroatoms. The minimum absolute atomic E-state index is 0.249. The predicted molar refractivity (Wildman–Crippen MR) is 79.8 cm³/mol. The number of anilines is 1. The van der Waals surface area contributed by atoms with Gasteiger partial charge in [0.1, 0.15) is 11.6 Å². The summed E-state index contributed by atoms with van der Waals surface area (Å²) < 4.78 is 18.9. The molecule has 0 fully saturated rings. The zero-order valence-corrected chi connectivity index (χ0v) is 12.6. The second kappa shape index (κ2) is 6.05. The summed E-state index contributed by atoms with van der Waals surface area (Å²) in [4.78, 5) is 12.1. The third kappa shape index (κ3) is 3.17. The van der Waals surface area contributed by atoms with Crippen LogP contribution in [0.3, 0.4) is 0 Å². The van der Waals surface area contributed by atoms with Crippen molar-refractivity contribution in [3.05, 3.63) is 57.8 Å². The predicted octanol–water partition coefficient (Wildman–Crippen LogP) is 4.16. The van der Waals surface area contributed by atoms with E-state index in [1.54, 1.807) is 25.3 Å². The number of amides is 1. The topological polar surface area (TPSA) is 38.3 Å². The zero-order valence-electron chi connectivity index (χ0n) is 11.0. The van der Waals surface area contributed by atoms with E-state index in [2.05, 4.69) is 21.2 Å². The molecule has 2 aromatic carbocycles. The van der Waals surface area contributed by atoms with E-state index in [1.165, 1.54) is 18.2 Å². The van der Waals surface area contributed by atoms with Gasteiger partial charge in [-0.05, 0) is 64.8 Å². The van der Waals surface area contributed by atoms with Crippen LogP contribution >= 0.6 is 15.9 Å². The van der Waals surface area contributed by atoms with Gasteiger partial charge in [-0.1, -0.05) is 0 Å². The van der Waals surface area contributed by atoms with Gasteiger partial charge in [0, 0.05) is 10.2 Å². The number of aryl methyl sites for hydroxylation is 1. The molecule has 0 heterocycles. The molecule has 0 aliphatic carbocycles. The molecule has 1 N–H and O–H groups in total. The highest BCUT2D eigenvalue weighted by molar-refractivity contribution is 9.10. The van der Waals surface area contributed by atoms with Crippen molar-refractivity contribution in [1.82, 2.24) is 0 Å². The number of methoxy groups -OCH3 is 1. The fourth-order valence-corrected chi connectivity index (χ4v) is 2.25. The summed E-state index contributed by atoms with van der Waals surface area (Å²) in [7, 11) is 1.59. The molecule has 0 saturated heterocycles. The van der Waals surface area contributed by atoms with Crippen LogP contribution in [-0.2, 0) is 0 Å². The highest BCUT2D eigenvalue weighted by Gasteiger charge is 2.12. The van der Waals surface area contributed by atoms with E-state index in [0.717, 1.165) is 11.3 Å². The number of hydrogen-bond donors (Lipinski definition) is 1. The van der Waals surface area contributed by atoms with Crippen molar-refractivity contribution in [3.63, 3.8) is 0 Å². The number of hydrogen-bond acceptors (Lipinski definition) is 2. The van der Waals surface area contributed by atoms with Crippen LogP contribution in [0.5, 0.6) is 5.75 Å². The van der Waals surface area contributed by atoms with Crippen molar-refractivity contribution in [2.45, 2.75) is 6.92 Å². The Kier molecular flexibility index (Phi) is 4.39. The average molecular weight is 338 g/mol. The number of nitrogens with one attached hydrogen (secondary N) is 1. The number of benzene rings is 2. The van der Waals surface area contributed by atoms with Crippen LogP contribution in [0.2, 0.25) is 0 Å². The molecule has 1 amide bonds. The van der Waals surface area contributed by atoms with E-state index < -0.39 is 5.82 Å². The second-order valence-electron chi connectivity index (χ2n) is 4.26. The lowest BCUT2D eigenvalue weighted by molar-refractivity contribution is 0.102. The maximum atomic E-state index is 13.2. The van der Waals surface area contributed by atoms with Crippen molar-refractivity contribution in [3.8, 4) is 5.75 Å². The highest BCUT2D eigenvalue weighted by atomic mass is 79.9. The van der Waals surface area contributed by atoms with E-state index in [9.17, 15) is 9.18 Å².